The molecule has 0 aliphatic rings. The highest BCUT2D eigenvalue weighted by Gasteiger charge is 2.05. The number of rotatable bonds is 6. The Morgan fingerprint density at radius 3 is 2.52 bits per heavy atom. The lowest BCUT2D eigenvalue weighted by Gasteiger charge is -2.07. The van der Waals surface area contributed by atoms with E-state index in [-0.39, 0.29) is 18.1 Å². The number of phenols is 1. The van der Waals surface area contributed by atoms with Crippen molar-refractivity contribution in [3.8, 4) is 5.75 Å². The maximum atomic E-state index is 11.9. The van der Waals surface area contributed by atoms with Gasteiger partial charge in [0.2, 0.25) is 5.91 Å². The summed E-state index contributed by atoms with van der Waals surface area (Å²) in [4.78, 5) is 11.9. The highest BCUT2D eigenvalue weighted by atomic mass is 35.5. The maximum absolute atomic E-state index is 11.9. The predicted molar refractivity (Wildman–Crippen MR) is 108 cm³/mol. The van der Waals surface area contributed by atoms with Crippen LogP contribution in [0.4, 0.5) is 0 Å². The van der Waals surface area contributed by atoms with Gasteiger partial charge < -0.3 is 5.11 Å². The van der Waals surface area contributed by atoms with Crippen LogP contribution >= 0.6 is 11.6 Å². The molecule has 0 radical (unpaired) electrons. The molecule has 0 aromatic heterocycles. The molecule has 3 aromatic rings. The number of phenolic OH excluding ortho intramolecular Hbond substituents is 1. The van der Waals surface area contributed by atoms with E-state index in [2.05, 4.69) is 10.5 Å². The molecule has 0 unspecified atom stereocenters. The lowest BCUT2D eigenvalue weighted by Crippen LogP contribution is -2.19. The van der Waals surface area contributed by atoms with Gasteiger partial charge >= 0.3 is 0 Å². The summed E-state index contributed by atoms with van der Waals surface area (Å²) >= 11 is 6.21. The molecule has 0 aliphatic heterocycles. The van der Waals surface area contributed by atoms with Gasteiger partial charge in [0.15, 0.2) is 0 Å². The van der Waals surface area contributed by atoms with Crippen LogP contribution in [-0.2, 0) is 17.6 Å². The Morgan fingerprint density at radius 2 is 1.74 bits per heavy atom. The van der Waals surface area contributed by atoms with Crippen LogP contribution in [0.5, 0.6) is 5.75 Å². The fraction of sp³-hybridized carbons (Fsp3) is 0.0909. The van der Waals surface area contributed by atoms with Crippen molar-refractivity contribution in [2.24, 2.45) is 5.10 Å². The Hall–Kier alpha value is -3.11. The first-order chi connectivity index (χ1) is 13.1. The molecule has 0 heterocycles. The number of hydrogen-bond acceptors (Lipinski definition) is 3. The highest BCUT2D eigenvalue weighted by Crippen LogP contribution is 2.22. The van der Waals surface area contributed by atoms with Crippen LogP contribution in [0.3, 0.4) is 0 Å². The third-order valence-electron chi connectivity index (χ3n) is 4.04. The molecule has 0 fully saturated rings. The second-order valence-corrected chi connectivity index (χ2v) is 6.52. The largest absolute Gasteiger partial charge is 0.507 e. The molecule has 27 heavy (non-hydrogen) atoms. The van der Waals surface area contributed by atoms with Gasteiger partial charge in [0, 0.05) is 10.6 Å². The summed E-state index contributed by atoms with van der Waals surface area (Å²) in [6.07, 6.45) is 2.33. The fourth-order valence-corrected chi connectivity index (χ4v) is 2.88. The zero-order chi connectivity index (χ0) is 19.1. The normalized spacial score (nSPS) is 10.9. The van der Waals surface area contributed by atoms with E-state index in [0.29, 0.717) is 17.0 Å². The predicted octanol–water partition coefficient (Wildman–Crippen LogP) is 4.33. The lowest BCUT2D eigenvalue weighted by atomic mass is 10.0. The first kappa shape index (κ1) is 18.7. The average molecular weight is 379 g/mol. The van der Waals surface area contributed by atoms with Crippen molar-refractivity contribution in [2.75, 3.05) is 0 Å². The first-order valence-corrected chi connectivity index (χ1v) is 8.91. The average Bonchev–Trinajstić information content (AvgIpc) is 2.67. The first-order valence-electron chi connectivity index (χ1n) is 8.53. The smallest absolute Gasteiger partial charge is 0.244 e. The molecular weight excluding hydrogens is 360 g/mol. The number of carbonyl (C=O) groups is 1. The quantitative estimate of drug-likeness (QED) is 0.495. The van der Waals surface area contributed by atoms with Gasteiger partial charge in [-0.25, -0.2) is 5.43 Å². The molecule has 136 valence electrons. The van der Waals surface area contributed by atoms with E-state index >= 15 is 0 Å². The van der Waals surface area contributed by atoms with Gasteiger partial charge in [-0.05, 0) is 41.3 Å². The van der Waals surface area contributed by atoms with Gasteiger partial charge in [-0.1, -0.05) is 66.2 Å². The molecule has 0 aliphatic carbocycles. The number of hydrazone groups is 1. The number of nitrogens with zero attached hydrogens (tertiary/aromatic N) is 1. The molecule has 0 saturated heterocycles. The van der Waals surface area contributed by atoms with E-state index in [1.54, 1.807) is 6.07 Å². The molecule has 3 aromatic carbocycles. The number of carbonyl (C=O) groups excluding carboxylic acids is 1. The second kappa shape index (κ2) is 9.01. The van der Waals surface area contributed by atoms with E-state index in [4.69, 9.17) is 11.6 Å². The Labute approximate surface area is 163 Å². The van der Waals surface area contributed by atoms with E-state index in [1.165, 1.54) is 6.21 Å². The maximum Gasteiger partial charge on any atom is 0.244 e. The van der Waals surface area contributed by atoms with Crippen molar-refractivity contribution >= 4 is 23.7 Å². The zero-order valence-electron chi connectivity index (χ0n) is 14.6. The third kappa shape index (κ3) is 5.43. The third-order valence-corrected chi connectivity index (χ3v) is 4.41. The van der Waals surface area contributed by atoms with Crippen molar-refractivity contribution in [2.45, 2.75) is 12.8 Å². The molecule has 0 bridgehead atoms. The van der Waals surface area contributed by atoms with Crippen LogP contribution in [0.25, 0.3) is 0 Å². The number of amides is 1. The van der Waals surface area contributed by atoms with Gasteiger partial charge in [0.1, 0.15) is 5.75 Å². The molecule has 1 amide bonds. The van der Waals surface area contributed by atoms with E-state index < -0.39 is 0 Å². The number of hydrogen-bond donors (Lipinski definition) is 2. The number of nitrogens with one attached hydrogen (secondary N) is 1. The summed E-state index contributed by atoms with van der Waals surface area (Å²) in [5.41, 5.74) is 5.91. The SMILES string of the molecule is O=C(Cc1ccccc1)NN=Cc1cc(Cc2ccccc2Cl)ccc1O. The summed E-state index contributed by atoms with van der Waals surface area (Å²) in [7, 11) is 0. The van der Waals surface area contributed by atoms with Crippen LogP contribution in [0.15, 0.2) is 77.9 Å². The van der Waals surface area contributed by atoms with Crippen molar-refractivity contribution in [3.05, 3.63) is 100 Å². The Morgan fingerprint density at radius 1 is 1.00 bits per heavy atom. The summed E-state index contributed by atoms with van der Waals surface area (Å²) in [5.74, 6) is -0.122. The lowest BCUT2D eigenvalue weighted by molar-refractivity contribution is -0.120. The molecule has 3 rings (SSSR count). The highest BCUT2D eigenvalue weighted by molar-refractivity contribution is 6.31. The van der Waals surface area contributed by atoms with Crippen LogP contribution in [0.1, 0.15) is 22.3 Å². The minimum absolute atomic E-state index is 0.0963. The van der Waals surface area contributed by atoms with Gasteiger partial charge in [-0.15, -0.1) is 0 Å². The zero-order valence-corrected chi connectivity index (χ0v) is 15.4. The van der Waals surface area contributed by atoms with Crippen molar-refractivity contribution in [1.29, 1.82) is 0 Å². The summed E-state index contributed by atoms with van der Waals surface area (Å²) in [6, 6.07) is 22.3. The van der Waals surface area contributed by atoms with Crippen molar-refractivity contribution < 1.29 is 9.90 Å². The monoisotopic (exact) mass is 378 g/mol. The summed E-state index contributed by atoms with van der Waals surface area (Å²) < 4.78 is 0. The van der Waals surface area contributed by atoms with Crippen LogP contribution < -0.4 is 5.43 Å². The minimum Gasteiger partial charge on any atom is -0.507 e. The summed E-state index contributed by atoms with van der Waals surface area (Å²) in [5, 5.41) is 14.7. The molecule has 0 spiro atoms. The van der Waals surface area contributed by atoms with Crippen molar-refractivity contribution in [1.82, 2.24) is 5.43 Å². The Kier molecular flexibility index (Phi) is 6.23. The van der Waals surface area contributed by atoms with Gasteiger partial charge in [-0.3, -0.25) is 4.79 Å². The molecular formula is C22H19ClN2O2. The standard InChI is InChI=1S/C22H19ClN2O2/c23-20-9-5-4-8-18(20)12-17-10-11-21(26)19(13-17)15-24-25-22(27)14-16-6-2-1-3-7-16/h1-11,13,15,26H,12,14H2,(H,25,27). The fourth-order valence-electron chi connectivity index (χ4n) is 2.67. The Balaban J connectivity index is 1.65. The van der Waals surface area contributed by atoms with Gasteiger partial charge in [0.25, 0.3) is 0 Å². The molecule has 2 N–H and O–H groups in total. The van der Waals surface area contributed by atoms with E-state index in [1.807, 2.05) is 66.7 Å². The van der Waals surface area contributed by atoms with Crippen LogP contribution in [-0.4, -0.2) is 17.2 Å². The van der Waals surface area contributed by atoms with E-state index in [0.717, 1.165) is 16.7 Å². The topological polar surface area (TPSA) is 61.7 Å². The number of benzene rings is 3. The number of halogens is 1. The molecule has 0 atom stereocenters. The van der Waals surface area contributed by atoms with Crippen LogP contribution in [0.2, 0.25) is 5.02 Å². The van der Waals surface area contributed by atoms with Gasteiger partial charge in [-0.2, -0.15) is 5.10 Å². The minimum atomic E-state index is -0.218. The van der Waals surface area contributed by atoms with Gasteiger partial charge in [0.05, 0.1) is 12.6 Å². The molecule has 5 heteroatoms. The number of aromatic hydroxyl groups is 1. The van der Waals surface area contributed by atoms with Crippen molar-refractivity contribution in [3.63, 3.8) is 0 Å². The summed E-state index contributed by atoms with van der Waals surface area (Å²) in [6.45, 7) is 0. The molecule has 0 saturated carbocycles. The van der Waals surface area contributed by atoms with E-state index in [9.17, 15) is 9.90 Å². The van der Waals surface area contributed by atoms with Crippen LogP contribution in [0, 0.1) is 0 Å². The second-order valence-electron chi connectivity index (χ2n) is 6.12. The Bertz CT molecular complexity index is 956. The molecule has 4 nitrogen and oxygen atoms in total.